The highest BCUT2D eigenvalue weighted by Crippen LogP contribution is 2.12. The zero-order valence-corrected chi connectivity index (χ0v) is 10.0. The van der Waals surface area contributed by atoms with Crippen LogP contribution in [-0.4, -0.2) is 23.3 Å². The van der Waals surface area contributed by atoms with E-state index in [1.54, 1.807) is 24.3 Å². The fourth-order valence-electron chi connectivity index (χ4n) is 1.07. The summed E-state index contributed by atoms with van der Waals surface area (Å²) in [6, 6.07) is 6.49. The normalized spacial score (nSPS) is 11.9. The number of primary amides is 1. The van der Waals surface area contributed by atoms with Crippen LogP contribution in [0.1, 0.15) is 17.3 Å². The second kappa shape index (κ2) is 5.55. The minimum Gasteiger partial charge on any atom is -0.366 e. The van der Waals surface area contributed by atoms with Gasteiger partial charge in [0.25, 0.3) is 0 Å². The molecule has 0 bridgehead atoms. The van der Waals surface area contributed by atoms with Crippen molar-refractivity contribution in [2.45, 2.75) is 12.2 Å². The predicted molar refractivity (Wildman–Crippen MR) is 66.6 cm³/mol. The van der Waals surface area contributed by atoms with E-state index in [4.69, 9.17) is 5.73 Å². The number of anilines is 1. The Morgan fingerprint density at radius 2 is 1.88 bits per heavy atom. The van der Waals surface area contributed by atoms with E-state index in [2.05, 4.69) is 5.32 Å². The number of rotatable bonds is 4. The number of carbonyl (C=O) groups is 2. The summed E-state index contributed by atoms with van der Waals surface area (Å²) in [6.45, 7) is 1.83. The lowest BCUT2D eigenvalue weighted by Crippen LogP contribution is -2.22. The molecule has 16 heavy (non-hydrogen) atoms. The fourth-order valence-corrected chi connectivity index (χ4v) is 1.34. The Morgan fingerprint density at radius 1 is 1.31 bits per heavy atom. The first kappa shape index (κ1) is 12.6. The molecule has 0 spiro atoms. The number of amides is 2. The van der Waals surface area contributed by atoms with E-state index in [1.807, 2.05) is 13.2 Å². The van der Waals surface area contributed by atoms with Gasteiger partial charge in [0.05, 0.1) is 5.25 Å². The summed E-state index contributed by atoms with van der Waals surface area (Å²) in [6.07, 6.45) is 1.88. The smallest absolute Gasteiger partial charge is 0.248 e. The summed E-state index contributed by atoms with van der Waals surface area (Å²) >= 11 is 1.47. The summed E-state index contributed by atoms with van der Waals surface area (Å²) in [5, 5.41) is 2.65. The Kier molecular flexibility index (Phi) is 4.37. The molecule has 86 valence electrons. The molecule has 1 rings (SSSR count). The lowest BCUT2D eigenvalue weighted by atomic mass is 10.2. The van der Waals surface area contributed by atoms with Crippen LogP contribution in [0.2, 0.25) is 0 Å². The van der Waals surface area contributed by atoms with Gasteiger partial charge in [0.1, 0.15) is 0 Å². The van der Waals surface area contributed by atoms with Crippen LogP contribution in [0.25, 0.3) is 0 Å². The van der Waals surface area contributed by atoms with Crippen LogP contribution in [0.3, 0.4) is 0 Å². The van der Waals surface area contributed by atoms with Crippen LogP contribution >= 0.6 is 11.8 Å². The minimum absolute atomic E-state index is 0.0562. The van der Waals surface area contributed by atoms with Gasteiger partial charge in [-0.25, -0.2) is 0 Å². The van der Waals surface area contributed by atoms with Crippen molar-refractivity contribution in [2.75, 3.05) is 11.6 Å². The van der Waals surface area contributed by atoms with Crippen molar-refractivity contribution < 1.29 is 9.59 Å². The number of nitrogens with two attached hydrogens (primary N) is 1. The largest absolute Gasteiger partial charge is 0.366 e. The van der Waals surface area contributed by atoms with E-state index in [1.165, 1.54) is 11.8 Å². The number of hydrogen-bond donors (Lipinski definition) is 2. The zero-order chi connectivity index (χ0) is 12.1. The van der Waals surface area contributed by atoms with Gasteiger partial charge in [-0.05, 0) is 37.4 Å². The highest BCUT2D eigenvalue weighted by atomic mass is 32.2. The maximum Gasteiger partial charge on any atom is 0.248 e. The van der Waals surface area contributed by atoms with Gasteiger partial charge >= 0.3 is 0 Å². The minimum atomic E-state index is -0.477. The van der Waals surface area contributed by atoms with Gasteiger partial charge in [0, 0.05) is 11.3 Å². The third kappa shape index (κ3) is 3.27. The summed E-state index contributed by atoms with van der Waals surface area (Å²) in [7, 11) is 0. The molecule has 0 heterocycles. The Labute approximate surface area is 98.6 Å². The van der Waals surface area contributed by atoms with E-state index >= 15 is 0 Å². The van der Waals surface area contributed by atoms with Crippen molar-refractivity contribution in [3.63, 3.8) is 0 Å². The monoisotopic (exact) mass is 238 g/mol. The first-order chi connectivity index (χ1) is 7.54. The standard InChI is InChI=1S/C11H14N2O2S/c1-7(16-2)11(15)13-9-5-3-8(4-6-9)10(12)14/h3-7H,1-2H3,(H2,12,14)(H,13,15)/t7-/m0/s1. The van der Waals surface area contributed by atoms with E-state index in [0.29, 0.717) is 11.3 Å². The van der Waals surface area contributed by atoms with Gasteiger partial charge in [-0.3, -0.25) is 9.59 Å². The predicted octanol–water partition coefficient (Wildman–Crippen LogP) is 1.48. The molecular formula is C11H14N2O2S. The quantitative estimate of drug-likeness (QED) is 0.834. The summed E-state index contributed by atoms with van der Waals surface area (Å²) in [5.74, 6) is -0.533. The molecule has 0 saturated carbocycles. The van der Waals surface area contributed by atoms with Gasteiger partial charge in [0.2, 0.25) is 11.8 Å². The van der Waals surface area contributed by atoms with Gasteiger partial charge in [-0.2, -0.15) is 11.8 Å². The molecule has 1 atom stereocenters. The van der Waals surface area contributed by atoms with E-state index in [-0.39, 0.29) is 11.2 Å². The molecule has 5 heteroatoms. The van der Waals surface area contributed by atoms with Crippen molar-refractivity contribution in [2.24, 2.45) is 5.73 Å². The molecule has 0 aromatic heterocycles. The Hall–Kier alpha value is -1.49. The molecule has 0 aliphatic heterocycles. The van der Waals surface area contributed by atoms with Crippen LogP contribution in [0.5, 0.6) is 0 Å². The Balaban J connectivity index is 2.69. The highest BCUT2D eigenvalue weighted by molar-refractivity contribution is 7.99. The van der Waals surface area contributed by atoms with Crippen LogP contribution in [0.15, 0.2) is 24.3 Å². The summed E-state index contributed by atoms with van der Waals surface area (Å²) in [5.41, 5.74) is 6.19. The highest BCUT2D eigenvalue weighted by Gasteiger charge is 2.11. The van der Waals surface area contributed by atoms with Crippen molar-refractivity contribution in [1.29, 1.82) is 0 Å². The molecule has 0 saturated heterocycles. The molecule has 1 aromatic carbocycles. The molecule has 4 nitrogen and oxygen atoms in total. The van der Waals surface area contributed by atoms with Crippen LogP contribution < -0.4 is 11.1 Å². The lowest BCUT2D eigenvalue weighted by Gasteiger charge is -2.09. The summed E-state index contributed by atoms with van der Waals surface area (Å²) < 4.78 is 0. The van der Waals surface area contributed by atoms with E-state index in [9.17, 15) is 9.59 Å². The number of carbonyl (C=O) groups excluding carboxylic acids is 2. The molecule has 0 unspecified atom stereocenters. The van der Waals surface area contributed by atoms with E-state index in [0.717, 1.165) is 0 Å². The van der Waals surface area contributed by atoms with Gasteiger partial charge in [-0.1, -0.05) is 0 Å². The van der Waals surface area contributed by atoms with E-state index < -0.39 is 5.91 Å². The Bertz CT molecular complexity index is 389. The topological polar surface area (TPSA) is 72.2 Å². The molecular weight excluding hydrogens is 224 g/mol. The van der Waals surface area contributed by atoms with Crippen LogP contribution in [0, 0.1) is 0 Å². The van der Waals surface area contributed by atoms with Crippen molar-refractivity contribution in [3.8, 4) is 0 Å². The molecule has 2 amide bonds. The fraction of sp³-hybridized carbons (Fsp3) is 0.273. The SMILES string of the molecule is CS[C@@H](C)C(=O)Nc1ccc(C(N)=O)cc1. The summed E-state index contributed by atoms with van der Waals surface area (Å²) in [4.78, 5) is 22.4. The maximum atomic E-state index is 11.5. The Morgan fingerprint density at radius 3 is 2.31 bits per heavy atom. The maximum absolute atomic E-state index is 11.5. The second-order valence-corrected chi connectivity index (χ2v) is 4.49. The second-order valence-electron chi connectivity index (χ2n) is 3.31. The molecule has 3 N–H and O–H groups in total. The van der Waals surface area contributed by atoms with Crippen LogP contribution in [-0.2, 0) is 4.79 Å². The number of nitrogens with one attached hydrogen (secondary N) is 1. The zero-order valence-electron chi connectivity index (χ0n) is 9.19. The number of thioether (sulfide) groups is 1. The van der Waals surface area contributed by atoms with Crippen LogP contribution in [0.4, 0.5) is 5.69 Å². The first-order valence-corrected chi connectivity index (χ1v) is 6.07. The van der Waals surface area contributed by atoms with Gasteiger partial charge in [-0.15, -0.1) is 0 Å². The average molecular weight is 238 g/mol. The number of benzene rings is 1. The molecule has 0 radical (unpaired) electrons. The van der Waals surface area contributed by atoms with Crippen molar-refractivity contribution >= 4 is 29.3 Å². The third-order valence-electron chi connectivity index (χ3n) is 2.16. The van der Waals surface area contributed by atoms with Gasteiger partial charge in [0.15, 0.2) is 0 Å². The van der Waals surface area contributed by atoms with Gasteiger partial charge < -0.3 is 11.1 Å². The average Bonchev–Trinajstić information content (AvgIpc) is 2.28. The number of hydrogen-bond acceptors (Lipinski definition) is 3. The van der Waals surface area contributed by atoms with Crippen molar-refractivity contribution in [3.05, 3.63) is 29.8 Å². The molecule has 0 aliphatic carbocycles. The molecule has 0 aliphatic rings. The third-order valence-corrected chi connectivity index (χ3v) is 3.08. The molecule has 1 aromatic rings. The lowest BCUT2D eigenvalue weighted by molar-refractivity contribution is -0.115. The molecule has 0 fully saturated rings. The first-order valence-electron chi connectivity index (χ1n) is 4.78. The van der Waals surface area contributed by atoms with Crippen molar-refractivity contribution in [1.82, 2.24) is 0 Å².